The number of para-hydroxylation sites is 1. The molecule has 7 nitrogen and oxygen atoms in total. The van der Waals surface area contributed by atoms with E-state index in [1.165, 1.54) is 0 Å². The summed E-state index contributed by atoms with van der Waals surface area (Å²) >= 11 is 0. The first-order chi connectivity index (χ1) is 13.7. The Labute approximate surface area is 188 Å². The number of hydrogen-bond acceptors (Lipinski definition) is 4. The average Bonchev–Trinajstić information content (AvgIpc) is 2.74. The monoisotopic (exact) mass is 509 g/mol. The molecule has 2 aromatic carbocycles. The third kappa shape index (κ3) is 7.45. The highest BCUT2D eigenvalue weighted by Crippen LogP contribution is 2.16. The number of carbonyl (C=O) groups is 1. The molecular weight excluding hydrogens is 481 g/mol. The van der Waals surface area contributed by atoms with Crippen LogP contribution >= 0.6 is 24.0 Å². The molecule has 2 aromatic rings. The molecule has 0 radical (unpaired) electrons. The number of carbonyl (C=O) groups excluding carboxylic acids is 1. The van der Waals surface area contributed by atoms with E-state index in [0.717, 1.165) is 29.5 Å². The van der Waals surface area contributed by atoms with Crippen molar-refractivity contribution in [3.8, 4) is 5.75 Å². The summed E-state index contributed by atoms with van der Waals surface area (Å²) < 4.78 is 5.66. The second kappa shape index (κ2) is 12.2. The summed E-state index contributed by atoms with van der Waals surface area (Å²) in [4.78, 5) is 17.8. The lowest BCUT2D eigenvalue weighted by molar-refractivity contribution is -0.120. The number of ether oxygens (including phenoxy) is 1. The first-order valence-corrected chi connectivity index (χ1v) is 9.47. The summed E-state index contributed by atoms with van der Waals surface area (Å²) in [6.07, 6.45) is 0. The number of hydrogen-bond donors (Lipinski definition) is 3. The van der Waals surface area contributed by atoms with Gasteiger partial charge in [-0.2, -0.15) is 0 Å². The molecule has 1 amide bonds. The van der Waals surface area contributed by atoms with Gasteiger partial charge in [-0.05, 0) is 29.8 Å². The van der Waals surface area contributed by atoms with Crippen LogP contribution in [-0.4, -0.2) is 51.7 Å². The van der Waals surface area contributed by atoms with Crippen LogP contribution in [0.1, 0.15) is 5.56 Å². The smallest absolute Gasteiger partial charge is 0.239 e. The Kier molecular flexibility index (Phi) is 9.55. The molecule has 0 aromatic heterocycles. The van der Waals surface area contributed by atoms with Gasteiger partial charge in [-0.3, -0.25) is 9.79 Å². The summed E-state index contributed by atoms with van der Waals surface area (Å²) in [7, 11) is 1.75. The third-order valence-corrected chi connectivity index (χ3v) is 4.43. The van der Waals surface area contributed by atoms with Crippen molar-refractivity contribution in [3.05, 3.63) is 60.2 Å². The minimum atomic E-state index is 0. The van der Waals surface area contributed by atoms with Gasteiger partial charge in [0.1, 0.15) is 12.4 Å². The van der Waals surface area contributed by atoms with Gasteiger partial charge >= 0.3 is 0 Å². The maximum absolute atomic E-state index is 11.5. The van der Waals surface area contributed by atoms with Crippen LogP contribution in [0.5, 0.6) is 5.75 Å². The molecule has 1 fully saturated rings. The third-order valence-electron chi connectivity index (χ3n) is 4.43. The lowest BCUT2D eigenvalue weighted by Crippen LogP contribution is -2.47. The van der Waals surface area contributed by atoms with E-state index in [2.05, 4.69) is 50.1 Å². The number of guanidine groups is 1. The number of halogens is 1. The Morgan fingerprint density at radius 3 is 2.59 bits per heavy atom. The standard InChI is InChI=1S/C21H27N5O2.HI/c1-22-21(24-12-14-28-19-5-3-2-4-6-19)25-15-17-7-9-18(10-8-17)26-13-11-23-20(27)16-26;/h2-10H,11-16H2,1H3,(H,23,27)(H2,22,24,25);1H. The van der Waals surface area contributed by atoms with Crippen molar-refractivity contribution < 1.29 is 9.53 Å². The van der Waals surface area contributed by atoms with Gasteiger partial charge in [0.15, 0.2) is 5.96 Å². The second-order valence-corrected chi connectivity index (χ2v) is 6.45. The molecule has 1 aliphatic heterocycles. The maximum Gasteiger partial charge on any atom is 0.239 e. The molecule has 0 atom stereocenters. The highest BCUT2D eigenvalue weighted by molar-refractivity contribution is 14.0. The lowest BCUT2D eigenvalue weighted by atomic mass is 10.2. The van der Waals surface area contributed by atoms with Crippen LogP contribution in [-0.2, 0) is 11.3 Å². The molecule has 1 heterocycles. The highest BCUT2D eigenvalue weighted by Gasteiger charge is 2.16. The van der Waals surface area contributed by atoms with E-state index in [0.29, 0.717) is 32.8 Å². The van der Waals surface area contributed by atoms with Crippen molar-refractivity contribution in [2.45, 2.75) is 6.54 Å². The molecule has 0 saturated carbocycles. The first-order valence-electron chi connectivity index (χ1n) is 9.47. The van der Waals surface area contributed by atoms with E-state index in [9.17, 15) is 4.79 Å². The number of benzene rings is 2. The minimum absolute atomic E-state index is 0. The highest BCUT2D eigenvalue weighted by atomic mass is 127. The van der Waals surface area contributed by atoms with Crippen LogP contribution in [0.15, 0.2) is 59.6 Å². The Hall–Kier alpha value is -2.49. The molecule has 0 spiro atoms. The van der Waals surface area contributed by atoms with Crippen molar-refractivity contribution >= 4 is 41.5 Å². The minimum Gasteiger partial charge on any atom is -0.492 e. The van der Waals surface area contributed by atoms with Gasteiger partial charge in [0.25, 0.3) is 0 Å². The number of amides is 1. The summed E-state index contributed by atoms with van der Waals surface area (Å²) in [5, 5.41) is 9.38. The average molecular weight is 509 g/mol. The van der Waals surface area contributed by atoms with Crippen LogP contribution in [0.3, 0.4) is 0 Å². The summed E-state index contributed by atoms with van der Waals surface area (Å²) in [6, 6.07) is 18.0. The summed E-state index contributed by atoms with van der Waals surface area (Å²) in [6.45, 7) is 3.83. The number of piperazine rings is 1. The molecule has 0 unspecified atom stereocenters. The van der Waals surface area contributed by atoms with Gasteiger partial charge in [0.2, 0.25) is 5.91 Å². The van der Waals surface area contributed by atoms with Crippen LogP contribution in [0.2, 0.25) is 0 Å². The van der Waals surface area contributed by atoms with Gasteiger partial charge < -0.3 is 25.6 Å². The van der Waals surface area contributed by atoms with Crippen molar-refractivity contribution in [3.63, 3.8) is 0 Å². The summed E-state index contributed by atoms with van der Waals surface area (Å²) in [5.41, 5.74) is 2.22. The zero-order chi connectivity index (χ0) is 19.6. The van der Waals surface area contributed by atoms with Gasteiger partial charge in [0, 0.05) is 32.4 Å². The fourth-order valence-electron chi connectivity index (χ4n) is 2.95. The molecule has 1 aliphatic rings. The van der Waals surface area contributed by atoms with E-state index in [1.807, 2.05) is 30.3 Å². The van der Waals surface area contributed by atoms with E-state index >= 15 is 0 Å². The lowest BCUT2D eigenvalue weighted by Gasteiger charge is -2.28. The topological polar surface area (TPSA) is 78.0 Å². The van der Waals surface area contributed by atoms with Crippen LogP contribution in [0.25, 0.3) is 0 Å². The van der Waals surface area contributed by atoms with Crippen molar-refractivity contribution in [2.24, 2.45) is 4.99 Å². The molecule has 29 heavy (non-hydrogen) atoms. The van der Waals surface area contributed by atoms with Crippen LogP contribution in [0.4, 0.5) is 5.69 Å². The van der Waals surface area contributed by atoms with Crippen LogP contribution in [0, 0.1) is 0 Å². The Morgan fingerprint density at radius 1 is 1.14 bits per heavy atom. The number of nitrogens with zero attached hydrogens (tertiary/aromatic N) is 2. The Balaban J connectivity index is 0.00000300. The van der Waals surface area contributed by atoms with E-state index in [1.54, 1.807) is 7.05 Å². The molecule has 3 rings (SSSR count). The van der Waals surface area contributed by atoms with Gasteiger partial charge in [0.05, 0.1) is 13.1 Å². The van der Waals surface area contributed by atoms with E-state index < -0.39 is 0 Å². The largest absolute Gasteiger partial charge is 0.492 e. The van der Waals surface area contributed by atoms with Gasteiger partial charge in [-0.15, -0.1) is 24.0 Å². The van der Waals surface area contributed by atoms with Gasteiger partial charge in [-0.25, -0.2) is 0 Å². The fourth-order valence-corrected chi connectivity index (χ4v) is 2.95. The molecular formula is C21H28IN5O2. The van der Waals surface area contributed by atoms with Gasteiger partial charge in [-0.1, -0.05) is 30.3 Å². The maximum atomic E-state index is 11.5. The predicted molar refractivity (Wildman–Crippen MR) is 127 cm³/mol. The van der Waals surface area contributed by atoms with E-state index in [4.69, 9.17) is 4.74 Å². The van der Waals surface area contributed by atoms with E-state index in [-0.39, 0.29) is 29.9 Å². The van der Waals surface area contributed by atoms with Crippen molar-refractivity contribution in [1.82, 2.24) is 16.0 Å². The molecule has 156 valence electrons. The predicted octanol–water partition coefficient (Wildman–Crippen LogP) is 1.98. The van der Waals surface area contributed by atoms with Crippen molar-refractivity contribution in [2.75, 3.05) is 44.7 Å². The summed E-state index contributed by atoms with van der Waals surface area (Å²) in [5.74, 6) is 1.66. The SMILES string of the molecule is CN=C(NCCOc1ccccc1)NCc1ccc(N2CCNC(=O)C2)cc1.I. The number of anilines is 1. The molecule has 1 saturated heterocycles. The van der Waals surface area contributed by atoms with Crippen LogP contribution < -0.4 is 25.6 Å². The Bertz CT molecular complexity index is 783. The zero-order valence-electron chi connectivity index (χ0n) is 16.6. The van der Waals surface area contributed by atoms with Crippen molar-refractivity contribution in [1.29, 1.82) is 0 Å². The normalized spacial score (nSPS) is 13.9. The zero-order valence-corrected chi connectivity index (χ0v) is 18.9. The second-order valence-electron chi connectivity index (χ2n) is 6.45. The molecule has 8 heteroatoms. The fraction of sp³-hybridized carbons (Fsp3) is 0.333. The first kappa shape index (κ1) is 22.8. The number of aliphatic imine (C=N–C) groups is 1. The Morgan fingerprint density at radius 2 is 1.90 bits per heavy atom. The molecule has 0 aliphatic carbocycles. The number of rotatable bonds is 7. The quantitative estimate of drug-likeness (QED) is 0.231. The molecule has 3 N–H and O–H groups in total. The molecule has 0 bridgehead atoms. The number of nitrogens with one attached hydrogen (secondary N) is 3.